The molecule has 0 unspecified atom stereocenters. The molecule has 1 N–H and O–H groups in total. The molecule has 0 spiro atoms. The molecule has 8 heteroatoms. The smallest absolute Gasteiger partial charge is 0.263 e. The van der Waals surface area contributed by atoms with Crippen LogP contribution in [-0.4, -0.2) is 53.3 Å². The Morgan fingerprint density at radius 1 is 1.40 bits per heavy atom. The van der Waals surface area contributed by atoms with Crippen molar-refractivity contribution in [3.63, 3.8) is 0 Å². The van der Waals surface area contributed by atoms with E-state index in [4.69, 9.17) is 0 Å². The number of fused-ring (bicyclic) bond motifs is 1. The molecule has 0 saturated heterocycles. The highest BCUT2D eigenvalue weighted by atomic mass is 32.1. The maximum Gasteiger partial charge on any atom is 0.263 e. The van der Waals surface area contributed by atoms with Crippen molar-refractivity contribution in [1.82, 2.24) is 14.8 Å². The summed E-state index contributed by atoms with van der Waals surface area (Å²) in [4.78, 5) is 34.7. The van der Waals surface area contributed by atoms with Crippen molar-refractivity contribution in [2.24, 2.45) is 0 Å². The van der Waals surface area contributed by atoms with E-state index in [1.54, 1.807) is 30.3 Å². The molecule has 2 amide bonds. The first-order chi connectivity index (χ1) is 11.8. The van der Waals surface area contributed by atoms with E-state index in [1.165, 1.54) is 16.2 Å². The fraction of sp³-hybridized carbons (Fsp3) is 0.471. The van der Waals surface area contributed by atoms with Crippen LogP contribution in [0.15, 0.2) is 11.4 Å². The van der Waals surface area contributed by atoms with Crippen LogP contribution in [0.1, 0.15) is 32.7 Å². The molecule has 0 radical (unpaired) electrons. The zero-order valence-corrected chi connectivity index (χ0v) is 16.5. The minimum Gasteiger partial charge on any atom is -0.344 e. The van der Waals surface area contributed by atoms with Crippen molar-refractivity contribution in [3.05, 3.63) is 32.5 Å². The number of anilines is 1. The SMILES string of the molecule is Cc1csc(NC(=O)[C@H](C)N2CCc3sc(C(=O)N(C)C)cc3C2)n1. The second-order valence-electron chi connectivity index (χ2n) is 6.44. The van der Waals surface area contributed by atoms with E-state index in [9.17, 15) is 9.59 Å². The molecule has 134 valence electrons. The Labute approximate surface area is 155 Å². The Bertz CT molecular complexity index is 796. The van der Waals surface area contributed by atoms with E-state index in [0.717, 1.165) is 29.1 Å². The molecule has 2 aromatic rings. The fourth-order valence-electron chi connectivity index (χ4n) is 2.80. The van der Waals surface area contributed by atoms with Gasteiger partial charge in [-0.3, -0.25) is 14.5 Å². The zero-order valence-electron chi connectivity index (χ0n) is 14.8. The number of nitrogens with zero attached hydrogens (tertiary/aromatic N) is 3. The molecule has 3 heterocycles. The maximum absolute atomic E-state index is 12.5. The predicted octanol–water partition coefficient (Wildman–Crippen LogP) is 2.60. The Morgan fingerprint density at radius 3 is 2.80 bits per heavy atom. The van der Waals surface area contributed by atoms with Crippen molar-refractivity contribution in [3.8, 4) is 0 Å². The summed E-state index contributed by atoms with van der Waals surface area (Å²) in [5.41, 5.74) is 2.07. The molecule has 1 aliphatic rings. The molecule has 25 heavy (non-hydrogen) atoms. The maximum atomic E-state index is 12.5. The third-order valence-electron chi connectivity index (χ3n) is 4.29. The number of carbonyl (C=O) groups is 2. The van der Waals surface area contributed by atoms with Gasteiger partial charge < -0.3 is 10.2 Å². The number of nitrogens with one attached hydrogen (secondary N) is 1. The van der Waals surface area contributed by atoms with Gasteiger partial charge in [0.05, 0.1) is 16.6 Å². The second-order valence-corrected chi connectivity index (χ2v) is 8.43. The Kier molecular flexibility index (Phi) is 5.21. The summed E-state index contributed by atoms with van der Waals surface area (Å²) < 4.78 is 0. The van der Waals surface area contributed by atoms with Crippen LogP contribution in [0.5, 0.6) is 0 Å². The standard InChI is InChI=1S/C17H22N4O2S2/c1-10-9-24-17(18-10)19-15(22)11(2)21-6-5-13-12(8-21)7-14(25-13)16(23)20(3)4/h7,9,11H,5-6,8H2,1-4H3,(H,18,19,22)/t11-/m0/s1. The lowest BCUT2D eigenvalue weighted by molar-refractivity contribution is -0.121. The minimum absolute atomic E-state index is 0.0379. The molecule has 2 aromatic heterocycles. The highest BCUT2D eigenvalue weighted by Crippen LogP contribution is 2.29. The molecule has 0 bridgehead atoms. The number of amides is 2. The monoisotopic (exact) mass is 378 g/mol. The Morgan fingerprint density at radius 2 is 2.16 bits per heavy atom. The van der Waals surface area contributed by atoms with Crippen molar-refractivity contribution in [2.75, 3.05) is 26.0 Å². The molecule has 0 aliphatic carbocycles. The van der Waals surface area contributed by atoms with Gasteiger partial charge in [0.2, 0.25) is 5.91 Å². The van der Waals surface area contributed by atoms with E-state index < -0.39 is 0 Å². The van der Waals surface area contributed by atoms with Crippen molar-refractivity contribution in [2.45, 2.75) is 32.9 Å². The summed E-state index contributed by atoms with van der Waals surface area (Å²) in [6, 6.07) is 1.73. The minimum atomic E-state index is -0.245. The van der Waals surface area contributed by atoms with E-state index >= 15 is 0 Å². The predicted molar refractivity (Wildman–Crippen MR) is 101 cm³/mol. The summed E-state index contributed by atoms with van der Waals surface area (Å²) in [5.74, 6) is -0.00602. The number of carbonyl (C=O) groups excluding carboxylic acids is 2. The summed E-state index contributed by atoms with van der Waals surface area (Å²) in [5, 5.41) is 5.45. The van der Waals surface area contributed by atoms with Crippen LogP contribution in [0, 0.1) is 6.92 Å². The van der Waals surface area contributed by atoms with Crippen LogP contribution >= 0.6 is 22.7 Å². The van der Waals surface area contributed by atoms with Gasteiger partial charge in [-0.15, -0.1) is 22.7 Å². The largest absolute Gasteiger partial charge is 0.344 e. The summed E-state index contributed by atoms with van der Waals surface area (Å²) in [6.45, 7) is 5.33. The number of aryl methyl sites for hydroxylation is 1. The molecule has 0 fully saturated rings. The summed E-state index contributed by atoms with van der Waals surface area (Å²) >= 11 is 3.01. The van der Waals surface area contributed by atoms with Crippen molar-refractivity contribution < 1.29 is 9.59 Å². The highest BCUT2D eigenvalue weighted by Gasteiger charge is 2.28. The number of rotatable bonds is 4. The molecule has 0 aromatic carbocycles. The van der Waals surface area contributed by atoms with Crippen LogP contribution in [0.3, 0.4) is 0 Å². The van der Waals surface area contributed by atoms with Crippen molar-refractivity contribution in [1.29, 1.82) is 0 Å². The molecule has 6 nitrogen and oxygen atoms in total. The summed E-state index contributed by atoms with van der Waals surface area (Å²) in [7, 11) is 3.53. The lowest BCUT2D eigenvalue weighted by Gasteiger charge is -2.31. The molecular formula is C17H22N4O2S2. The lowest BCUT2D eigenvalue weighted by Crippen LogP contribution is -2.44. The van der Waals surface area contributed by atoms with Gasteiger partial charge in [0.25, 0.3) is 5.91 Å². The van der Waals surface area contributed by atoms with E-state index in [-0.39, 0.29) is 17.9 Å². The first kappa shape index (κ1) is 18.0. The van der Waals surface area contributed by atoms with Crippen LogP contribution in [0.2, 0.25) is 0 Å². The molecule has 0 saturated carbocycles. The average molecular weight is 379 g/mol. The van der Waals surface area contributed by atoms with Gasteiger partial charge in [0.15, 0.2) is 5.13 Å². The number of hydrogen-bond donors (Lipinski definition) is 1. The lowest BCUT2D eigenvalue weighted by atomic mass is 10.1. The van der Waals surface area contributed by atoms with Crippen molar-refractivity contribution >= 4 is 39.6 Å². The molecular weight excluding hydrogens is 356 g/mol. The quantitative estimate of drug-likeness (QED) is 0.888. The number of thiazole rings is 1. The third kappa shape index (κ3) is 3.91. The van der Waals surface area contributed by atoms with Gasteiger partial charge in [-0.25, -0.2) is 4.98 Å². The van der Waals surface area contributed by atoms with E-state index in [2.05, 4.69) is 15.2 Å². The molecule has 1 atom stereocenters. The van der Waals surface area contributed by atoms with Gasteiger partial charge in [-0.1, -0.05) is 0 Å². The fourth-order valence-corrected chi connectivity index (χ4v) is 4.67. The van der Waals surface area contributed by atoms with Gasteiger partial charge in [-0.2, -0.15) is 0 Å². The number of thiophene rings is 1. The van der Waals surface area contributed by atoms with Gasteiger partial charge >= 0.3 is 0 Å². The van der Waals surface area contributed by atoms with Gasteiger partial charge in [0.1, 0.15) is 0 Å². The van der Waals surface area contributed by atoms with E-state index in [1.807, 2.05) is 25.3 Å². The first-order valence-corrected chi connectivity index (χ1v) is 9.85. The van der Waals surface area contributed by atoms with Crippen LogP contribution in [0.4, 0.5) is 5.13 Å². The highest BCUT2D eigenvalue weighted by molar-refractivity contribution is 7.14. The molecule has 3 rings (SSSR count). The van der Waals surface area contributed by atoms with Crippen LogP contribution in [-0.2, 0) is 17.8 Å². The third-order valence-corrected chi connectivity index (χ3v) is 6.39. The zero-order chi connectivity index (χ0) is 18.1. The topological polar surface area (TPSA) is 65.5 Å². The molecule has 1 aliphatic heterocycles. The first-order valence-electron chi connectivity index (χ1n) is 8.15. The number of aromatic nitrogens is 1. The Hall–Kier alpha value is -1.77. The van der Waals surface area contributed by atoms with Crippen LogP contribution in [0.25, 0.3) is 0 Å². The van der Waals surface area contributed by atoms with Gasteiger partial charge in [0, 0.05) is 37.4 Å². The van der Waals surface area contributed by atoms with Crippen LogP contribution < -0.4 is 5.32 Å². The average Bonchev–Trinajstić information content (AvgIpc) is 3.18. The van der Waals surface area contributed by atoms with Gasteiger partial charge in [-0.05, 0) is 31.9 Å². The number of hydrogen-bond acceptors (Lipinski definition) is 6. The Balaban J connectivity index is 1.67. The van der Waals surface area contributed by atoms with E-state index in [0.29, 0.717) is 11.7 Å². The summed E-state index contributed by atoms with van der Waals surface area (Å²) in [6.07, 6.45) is 0.870. The second kappa shape index (κ2) is 7.23. The normalized spacial score (nSPS) is 15.5.